The molecule has 1 aliphatic heterocycles. The lowest BCUT2D eigenvalue weighted by Crippen LogP contribution is -2.44. The summed E-state index contributed by atoms with van der Waals surface area (Å²) in [5.41, 5.74) is 1.01. The number of aldehydes is 1. The Bertz CT molecular complexity index is 747. The fourth-order valence-corrected chi connectivity index (χ4v) is 2.47. The molecular formula is C23H36N2O7. The van der Waals surface area contributed by atoms with Gasteiger partial charge in [0.2, 0.25) is 5.91 Å². The van der Waals surface area contributed by atoms with Crippen LogP contribution in [0.5, 0.6) is 11.5 Å². The fraction of sp³-hybridized carbons (Fsp3) is 0.565. The molecule has 9 nitrogen and oxygen atoms in total. The lowest BCUT2D eigenvalue weighted by molar-refractivity contribution is -0.139. The number of aliphatic carboxylic acids is 1. The van der Waals surface area contributed by atoms with E-state index in [1.54, 1.807) is 6.07 Å². The van der Waals surface area contributed by atoms with Crippen LogP contribution in [0.1, 0.15) is 53.5 Å². The number of ether oxygens (including phenoxy) is 2. The van der Waals surface area contributed by atoms with Crippen molar-refractivity contribution in [2.75, 3.05) is 13.2 Å². The number of fused-ring (bicyclic) bond motifs is 1. The van der Waals surface area contributed by atoms with Gasteiger partial charge in [-0.25, -0.2) is 0 Å². The molecular weight excluding hydrogens is 416 g/mol. The molecule has 9 heteroatoms. The first-order valence-corrected chi connectivity index (χ1v) is 10.8. The summed E-state index contributed by atoms with van der Waals surface area (Å²) in [5, 5.41) is 13.1. The van der Waals surface area contributed by atoms with Crippen molar-refractivity contribution in [3.8, 4) is 11.5 Å². The smallest absolute Gasteiger partial charge is 0.305 e. The highest BCUT2D eigenvalue weighted by atomic mass is 16.5. The zero-order valence-electron chi connectivity index (χ0n) is 19.8. The van der Waals surface area contributed by atoms with E-state index in [9.17, 15) is 19.2 Å². The lowest BCUT2D eigenvalue weighted by atomic mass is 10.1. The number of carbonyl (C=O) groups is 4. The largest absolute Gasteiger partial charge is 0.486 e. The second-order valence-corrected chi connectivity index (χ2v) is 7.58. The minimum atomic E-state index is -1.22. The molecule has 0 saturated carbocycles. The summed E-state index contributed by atoms with van der Waals surface area (Å²) in [6.07, 6.45) is 0.620. The second-order valence-electron chi connectivity index (χ2n) is 7.58. The molecule has 2 rings (SSSR count). The zero-order valence-corrected chi connectivity index (χ0v) is 19.8. The standard InChI is InChI=1S/C17H20N2O7.C4H10.C2H6/c1-10-5-11-3-2-4-13(17(11)26-10)25-9-15(22)18-7-14(21)19-12(8-20)6-16(23)24;1-4(2)3;1-2/h2-4,8,10,12H,5-7,9H2,1H3,(H,18,22)(H,19,21)(H,23,24);4H,1-3H3;1-2H3/t10-,12-;;/m0../s1. The van der Waals surface area contributed by atoms with Crippen molar-refractivity contribution in [3.63, 3.8) is 0 Å². The molecule has 0 aromatic heterocycles. The van der Waals surface area contributed by atoms with Crippen LogP contribution >= 0.6 is 0 Å². The summed E-state index contributed by atoms with van der Waals surface area (Å²) in [6, 6.07) is 4.29. The van der Waals surface area contributed by atoms with E-state index in [1.165, 1.54) is 0 Å². The molecule has 0 spiro atoms. The van der Waals surface area contributed by atoms with Crippen LogP contribution in [0.2, 0.25) is 0 Å². The van der Waals surface area contributed by atoms with E-state index in [2.05, 4.69) is 31.4 Å². The predicted octanol–water partition coefficient (Wildman–Crippen LogP) is 2.35. The quantitative estimate of drug-likeness (QED) is 0.490. The monoisotopic (exact) mass is 452 g/mol. The molecule has 0 radical (unpaired) electrons. The average molecular weight is 453 g/mol. The molecule has 0 bridgehead atoms. The van der Waals surface area contributed by atoms with Gasteiger partial charge in [-0.1, -0.05) is 46.8 Å². The van der Waals surface area contributed by atoms with Crippen molar-refractivity contribution in [2.24, 2.45) is 5.92 Å². The van der Waals surface area contributed by atoms with Gasteiger partial charge in [-0.2, -0.15) is 0 Å². The van der Waals surface area contributed by atoms with Crippen LogP contribution in [0.4, 0.5) is 0 Å². The number of carboxylic acid groups (broad SMARTS) is 1. The molecule has 0 fully saturated rings. The van der Waals surface area contributed by atoms with Gasteiger partial charge in [-0.15, -0.1) is 0 Å². The third-order valence-corrected chi connectivity index (χ3v) is 3.60. The van der Waals surface area contributed by atoms with Gasteiger partial charge in [0, 0.05) is 12.0 Å². The van der Waals surface area contributed by atoms with E-state index in [4.69, 9.17) is 14.6 Å². The van der Waals surface area contributed by atoms with Crippen LogP contribution in [0.15, 0.2) is 18.2 Å². The van der Waals surface area contributed by atoms with Crippen LogP contribution in [0.3, 0.4) is 0 Å². The third kappa shape index (κ3) is 11.9. The Balaban J connectivity index is 0.00000144. The maximum atomic E-state index is 11.8. The molecule has 0 saturated heterocycles. The fourth-order valence-electron chi connectivity index (χ4n) is 2.47. The summed E-state index contributed by atoms with van der Waals surface area (Å²) in [4.78, 5) is 44.6. The Labute approximate surface area is 189 Å². The van der Waals surface area contributed by atoms with Crippen molar-refractivity contribution in [1.29, 1.82) is 0 Å². The number of carbonyl (C=O) groups excluding carboxylic acids is 3. The van der Waals surface area contributed by atoms with Crippen molar-refractivity contribution in [2.45, 2.75) is 66.5 Å². The van der Waals surface area contributed by atoms with E-state index in [0.29, 0.717) is 17.8 Å². The molecule has 180 valence electrons. The number of nitrogens with one attached hydrogen (secondary N) is 2. The number of rotatable bonds is 9. The number of hydrogen-bond donors (Lipinski definition) is 3. The van der Waals surface area contributed by atoms with E-state index >= 15 is 0 Å². The van der Waals surface area contributed by atoms with Gasteiger partial charge in [0.15, 0.2) is 18.1 Å². The Morgan fingerprint density at radius 2 is 1.84 bits per heavy atom. The maximum Gasteiger partial charge on any atom is 0.305 e. The molecule has 0 aliphatic carbocycles. The Morgan fingerprint density at radius 1 is 1.22 bits per heavy atom. The minimum Gasteiger partial charge on any atom is -0.486 e. The van der Waals surface area contributed by atoms with Gasteiger partial charge in [-0.3, -0.25) is 14.4 Å². The van der Waals surface area contributed by atoms with Gasteiger partial charge in [-0.05, 0) is 18.9 Å². The first-order chi connectivity index (χ1) is 15.1. The van der Waals surface area contributed by atoms with Gasteiger partial charge in [0.05, 0.1) is 19.0 Å². The number of amides is 2. The second kappa shape index (κ2) is 15.7. The molecule has 32 heavy (non-hydrogen) atoms. The zero-order chi connectivity index (χ0) is 24.7. The summed E-state index contributed by atoms with van der Waals surface area (Å²) in [7, 11) is 0. The highest BCUT2D eigenvalue weighted by Gasteiger charge is 2.23. The van der Waals surface area contributed by atoms with Crippen molar-refractivity contribution in [1.82, 2.24) is 10.6 Å². The SMILES string of the molecule is CC.CC(C)C.C[C@H]1Cc2cccc(OCC(=O)NCC(=O)N[C@H](C=O)CC(=O)O)c2O1. The normalized spacial score (nSPS) is 14.3. The first-order valence-electron chi connectivity index (χ1n) is 10.8. The predicted molar refractivity (Wildman–Crippen MR) is 121 cm³/mol. The van der Waals surface area contributed by atoms with E-state index in [1.807, 2.05) is 32.9 Å². The van der Waals surface area contributed by atoms with Gasteiger partial charge < -0.3 is 30.0 Å². The Morgan fingerprint density at radius 3 is 2.41 bits per heavy atom. The number of carboxylic acids is 1. The first kappa shape index (κ1) is 28.9. The molecule has 1 aromatic rings. The third-order valence-electron chi connectivity index (χ3n) is 3.60. The van der Waals surface area contributed by atoms with Gasteiger partial charge >= 0.3 is 5.97 Å². The van der Waals surface area contributed by atoms with Crippen LogP contribution in [0.25, 0.3) is 0 Å². The van der Waals surface area contributed by atoms with Crippen LogP contribution in [0, 0.1) is 5.92 Å². The summed E-state index contributed by atoms with van der Waals surface area (Å²) >= 11 is 0. The number of benzene rings is 1. The van der Waals surface area contributed by atoms with Crippen molar-refractivity contribution >= 4 is 24.1 Å². The summed E-state index contributed by atoms with van der Waals surface area (Å²) in [5.74, 6) is -0.520. The molecule has 2 amide bonds. The highest BCUT2D eigenvalue weighted by molar-refractivity contribution is 5.87. The van der Waals surface area contributed by atoms with Crippen LogP contribution < -0.4 is 20.1 Å². The molecule has 1 heterocycles. The molecule has 0 unspecified atom stereocenters. The van der Waals surface area contributed by atoms with Gasteiger partial charge in [0.1, 0.15) is 12.4 Å². The number of hydrogen-bond acceptors (Lipinski definition) is 6. The van der Waals surface area contributed by atoms with Crippen molar-refractivity contribution in [3.05, 3.63) is 23.8 Å². The lowest BCUT2D eigenvalue weighted by Gasteiger charge is -2.12. The van der Waals surface area contributed by atoms with E-state index in [-0.39, 0.29) is 12.7 Å². The van der Waals surface area contributed by atoms with Gasteiger partial charge in [0.25, 0.3) is 5.91 Å². The highest BCUT2D eigenvalue weighted by Crippen LogP contribution is 2.37. The topological polar surface area (TPSA) is 131 Å². The molecule has 3 N–H and O–H groups in total. The average Bonchev–Trinajstić information content (AvgIpc) is 3.11. The van der Waals surface area contributed by atoms with Crippen molar-refractivity contribution < 1.29 is 33.8 Å². The Kier molecular flexibility index (Phi) is 14.1. The minimum absolute atomic E-state index is 0.0452. The van der Waals surface area contributed by atoms with E-state index < -0.39 is 36.8 Å². The number of para-hydroxylation sites is 1. The Hall–Kier alpha value is -3.10. The summed E-state index contributed by atoms with van der Waals surface area (Å²) < 4.78 is 11.1. The maximum absolute atomic E-state index is 11.8. The van der Waals surface area contributed by atoms with Crippen LogP contribution in [-0.2, 0) is 25.6 Å². The molecule has 1 aromatic carbocycles. The molecule has 2 atom stereocenters. The molecule has 1 aliphatic rings. The van der Waals surface area contributed by atoms with E-state index in [0.717, 1.165) is 17.9 Å². The summed E-state index contributed by atoms with van der Waals surface area (Å²) in [6.45, 7) is 11.7. The van der Waals surface area contributed by atoms with Crippen LogP contribution in [-0.4, -0.2) is 54.5 Å².